The predicted octanol–water partition coefficient (Wildman–Crippen LogP) is 0.174. The van der Waals surface area contributed by atoms with E-state index in [4.69, 9.17) is 10.2 Å². The topological polar surface area (TPSA) is 57.5 Å². The number of phenols is 1. The molecule has 0 aromatic heterocycles. The molecule has 0 saturated carbocycles. The van der Waals surface area contributed by atoms with Crippen molar-refractivity contribution in [3.8, 4) is 5.75 Å². The number of benzene rings is 1. The van der Waals surface area contributed by atoms with E-state index in [1.54, 1.807) is 0 Å². The minimum absolute atomic E-state index is 0. The Kier molecular flexibility index (Phi) is 4.87. The second-order valence-corrected chi connectivity index (χ2v) is 1.85. The third-order valence-corrected chi connectivity index (χ3v) is 1.11. The molecule has 2 N–H and O–H groups in total. The van der Waals surface area contributed by atoms with Gasteiger partial charge in [-0.15, -0.1) is 0 Å². The monoisotopic (exact) mass is 278 g/mol. The summed E-state index contributed by atoms with van der Waals surface area (Å²) in [6, 6.07) is 5.36. The maximum absolute atomic E-state index is 10.2. The Morgan fingerprint density at radius 3 is 2.00 bits per heavy atom. The third kappa shape index (κ3) is 3.31. The molecule has 1 aromatic carbocycles. The molecule has 1 rings (SSSR count). The number of hydrogen-bond acceptors (Lipinski definition) is 2. The molecule has 0 aliphatic rings. The number of rotatable bonds is 1. The quantitative estimate of drug-likeness (QED) is 0.720. The van der Waals surface area contributed by atoms with Crippen molar-refractivity contribution < 1.29 is 15.0 Å². The first-order chi connectivity index (χ1) is 4.70. The first kappa shape index (κ1) is 11.1. The molecule has 0 radical (unpaired) electrons. The third-order valence-electron chi connectivity index (χ3n) is 1.11. The minimum atomic E-state index is -0.986. The van der Waals surface area contributed by atoms with Crippen LogP contribution in [0.3, 0.4) is 0 Å². The summed E-state index contributed by atoms with van der Waals surface area (Å²) in [5, 5.41) is 17.1. The first-order valence-electron chi connectivity index (χ1n) is 2.72. The van der Waals surface area contributed by atoms with Crippen LogP contribution in [-0.2, 0) is 0 Å². The van der Waals surface area contributed by atoms with Gasteiger partial charge in [0, 0.05) is 0 Å². The fourth-order valence-corrected chi connectivity index (χ4v) is 0.604. The Morgan fingerprint density at radius 1 is 1.18 bits per heavy atom. The summed E-state index contributed by atoms with van der Waals surface area (Å²) in [7, 11) is 0. The molecule has 0 aliphatic heterocycles. The van der Waals surface area contributed by atoms with Crippen molar-refractivity contribution in [2.24, 2.45) is 0 Å². The van der Waals surface area contributed by atoms with E-state index in [0.29, 0.717) is 0 Å². The van der Waals surface area contributed by atoms with Crippen LogP contribution in [0.25, 0.3) is 0 Å². The molecular weight excluding hydrogens is 269 g/mol. The van der Waals surface area contributed by atoms with Gasteiger partial charge < -0.3 is 10.2 Å². The van der Waals surface area contributed by atoms with Gasteiger partial charge >= 0.3 is 54.9 Å². The van der Waals surface area contributed by atoms with Gasteiger partial charge in [-0.1, -0.05) is 0 Å². The van der Waals surface area contributed by atoms with Gasteiger partial charge in [0.1, 0.15) is 5.75 Å². The van der Waals surface area contributed by atoms with Crippen LogP contribution in [0.15, 0.2) is 24.3 Å². The van der Waals surface area contributed by atoms with Gasteiger partial charge in [-0.2, -0.15) is 0 Å². The normalized spacial score (nSPS) is 8.36. The molecule has 1 aromatic rings. The van der Waals surface area contributed by atoms with Gasteiger partial charge in [-0.25, -0.2) is 4.79 Å². The standard InChI is InChI=1S/C7H6O3.Ba.2H/c8-6-3-1-5(2-4-6)7(9)10;;;/h1-4,8H,(H,9,10);;;. The zero-order valence-corrected chi connectivity index (χ0v) is 5.11. The number of carboxylic acids is 1. The van der Waals surface area contributed by atoms with Crippen molar-refractivity contribution in [3.05, 3.63) is 29.8 Å². The summed E-state index contributed by atoms with van der Waals surface area (Å²) in [4.78, 5) is 10.2. The number of aromatic hydroxyl groups is 1. The van der Waals surface area contributed by atoms with E-state index in [-0.39, 0.29) is 60.2 Å². The zero-order valence-electron chi connectivity index (χ0n) is 5.11. The van der Waals surface area contributed by atoms with Crippen molar-refractivity contribution in [2.75, 3.05) is 0 Å². The predicted molar refractivity (Wildman–Crippen MR) is 43.6 cm³/mol. The summed E-state index contributed by atoms with van der Waals surface area (Å²) in [5.74, 6) is -0.912. The number of aromatic carboxylic acids is 1. The summed E-state index contributed by atoms with van der Waals surface area (Å²) in [6.07, 6.45) is 0. The van der Waals surface area contributed by atoms with Crippen LogP contribution >= 0.6 is 0 Å². The van der Waals surface area contributed by atoms with Gasteiger partial charge in [0.2, 0.25) is 0 Å². The summed E-state index contributed by atoms with van der Waals surface area (Å²) in [6.45, 7) is 0. The van der Waals surface area contributed by atoms with Crippen LogP contribution in [0, 0.1) is 0 Å². The molecule has 56 valence electrons. The van der Waals surface area contributed by atoms with E-state index >= 15 is 0 Å². The van der Waals surface area contributed by atoms with Crippen LogP contribution in [0.5, 0.6) is 5.75 Å². The number of hydrogen-bond donors (Lipinski definition) is 2. The van der Waals surface area contributed by atoms with Crippen LogP contribution in [0.2, 0.25) is 0 Å². The van der Waals surface area contributed by atoms with Gasteiger partial charge in [0.15, 0.2) is 0 Å². The number of carbonyl (C=O) groups is 1. The van der Waals surface area contributed by atoms with Crippen LogP contribution < -0.4 is 0 Å². The van der Waals surface area contributed by atoms with E-state index < -0.39 is 5.97 Å². The van der Waals surface area contributed by atoms with Crippen molar-refractivity contribution in [3.63, 3.8) is 0 Å². The van der Waals surface area contributed by atoms with Crippen molar-refractivity contribution in [1.29, 1.82) is 0 Å². The number of carboxylic acid groups (broad SMARTS) is 1. The molecule has 0 heterocycles. The van der Waals surface area contributed by atoms with Gasteiger partial charge in [0.05, 0.1) is 5.56 Å². The summed E-state index contributed by atoms with van der Waals surface area (Å²) < 4.78 is 0. The van der Waals surface area contributed by atoms with E-state index in [9.17, 15) is 4.79 Å². The SMILES string of the molecule is O=C(O)c1ccc(O)cc1.[BaH2]. The maximum atomic E-state index is 10.2. The molecular formula is C7H8BaO3. The molecule has 0 bridgehead atoms. The van der Waals surface area contributed by atoms with Gasteiger partial charge in [-0.05, 0) is 24.3 Å². The van der Waals surface area contributed by atoms with Crippen molar-refractivity contribution in [1.82, 2.24) is 0 Å². The van der Waals surface area contributed by atoms with Crippen LogP contribution in [0.1, 0.15) is 10.4 Å². The molecule has 0 spiro atoms. The Bertz CT molecular complexity index is 242. The van der Waals surface area contributed by atoms with Crippen molar-refractivity contribution in [2.45, 2.75) is 0 Å². The molecule has 0 atom stereocenters. The van der Waals surface area contributed by atoms with E-state index in [2.05, 4.69) is 0 Å². The molecule has 4 heteroatoms. The molecule has 0 aliphatic carbocycles. The molecule has 0 fully saturated rings. The van der Waals surface area contributed by atoms with E-state index in [1.807, 2.05) is 0 Å². The zero-order chi connectivity index (χ0) is 7.56. The molecule has 0 saturated heterocycles. The Hall–Kier alpha value is 0.0614. The fraction of sp³-hybridized carbons (Fsp3) is 0. The Labute approximate surface area is 104 Å². The van der Waals surface area contributed by atoms with Gasteiger partial charge in [-0.3, -0.25) is 0 Å². The fourth-order valence-electron chi connectivity index (χ4n) is 0.604. The molecule has 0 unspecified atom stereocenters. The molecule has 0 amide bonds. The van der Waals surface area contributed by atoms with Gasteiger partial charge in [0.25, 0.3) is 0 Å². The second kappa shape index (κ2) is 4.84. The van der Waals surface area contributed by atoms with Crippen molar-refractivity contribution >= 4 is 54.9 Å². The van der Waals surface area contributed by atoms with Crippen LogP contribution in [-0.4, -0.2) is 65.1 Å². The van der Waals surface area contributed by atoms with E-state index in [0.717, 1.165) is 0 Å². The Morgan fingerprint density at radius 2 is 1.64 bits per heavy atom. The first-order valence-corrected chi connectivity index (χ1v) is 2.72. The second-order valence-electron chi connectivity index (χ2n) is 1.85. The van der Waals surface area contributed by atoms with Crippen LogP contribution in [0.4, 0.5) is 0 Å². The Balaban J connectivity index is 0.000001000. The molecule has 11 heavy (non-hydrogen) atoms. The summed E-state index contributed by atoms with van der Waals surface area (Å²) in [5.41, 5.74) is 0.179. The molecule has 3 nitrogen and oxygen atoms in total. The number of phenolic OH excluding ortho intramolecular Hbond substituents is 1. The average molecular weight is 277 g/mol. The average Bonchev–Trinajstić information content (AvgIpc) is 1.88. The van der Waals surface area contributed by atoms with E-state index in [1.165, 1.54) is 24.3 Å². The summed E-state index contributed by atoms with van der Waals surface area (Å²) >= 11 is 0.